The lowest BCUT2D eigenvalue weighted by Crippen LogP contribution is -2.16. The predicted octanol–water partition coefficient (Wildman–Crippen LogP) is 11.7. The highest BCUT2D eigenvalue weighted by Gasteiger charge is 1.95. The van der Waals surface area contributed by atoms with E-state index < -0.39 is 0 Å². The third kappa shape index (κ3) is 33.4. The van der Waals surface area contributed by atoms with Crippen molar-refractivity contribution in [2.75, 3.05) is 13.1 Å². The van der Waals surface area contributed by atoms with E-state index in [1.807, 2.05) is 0 Å². The second-order valence-corrected chi connectivity index (χ2v) is 11.3. The van der Waals surface area contributed by atoms with E-state index in [0.717, 1.165) is 6.42 Å². The van der Waals surface area contributed by atoms with Crippen molar-refractivity contribution in [2.45, 2.75) is 187 Å². The van der Waals surface area contributed by atoms with Gasteiger partial charge in [-0.15, -0.1) is 0 Å². The minimum Gasteiger partial charge on any atom is -0.317 e. The quantitative estimate of drug-likeness (QED) is 0.0533. The van der Waals surface area contributed by atoms with Crippen molar-refractivity contribution in [1.82, 2.24) is 5.32 Å². The van der Waals surface area contributed by atoms with Gasteiger partial charge in [-0.2, -0.15) is 0 Å². The lowest BCUT2D eigenvalue weighted by atomic mass is 10.0. The Morgan fingerprint density at radius 3 is 1.06 bits per heavy atom. The van der Waals surface area contributed by atoms with Crippen LogP contribution in [-0.2, 0) is 0 Å². The second kappa shape index (κ2) is 34.4. The number of nitrogens with one attached hydrogen (secondary N) is 2. The molecule has 0 unspecified atom stereocenters. The number of allylic oxidation sites excluding steroid dienone is 2. The minimum absolute atomic E-state index is 0.980. The molecule has 36 heavy (non-hydrogen) atoms. The Morgan fingerprint density at radius 1 is 0.389 bits per heavy atom. The van der Waals surface area contributed by atoms with Gasteiger partial charge >= 0.3 is 0 Å². The third-order valence-electron chi connectivity index (χ3n) is 7.57. The molecule has 0 aromatic heterocycles. The summed E-state index contributed by atoms with van der Waals surface area (Å²) in [6.45, 7) is 4.74. The molecule has 214 valence electrons. The number of hydrogen-bond donors (Lipinski definition) is 2. The van der Waals surface area contributed by atoms with Gasteiger partial charge in [0.1, 0.15) is 0 Å². The Balaban J connectivity index is 3.05. The monoisotopic (exact) mass is 505 g/mol. The van der Waals surface area contributed by atoms with Crippen LogP contribution in [-0.4, -0.2) is 19.3 Å². The molecule has 0 fully saturated rings. The van der Waals surface area contributed by atoms with Crippen LogP contribution in [0, 0.1) is 5.41 Å². The fourth-order valence-corrected chi connectivity index (χ4v) is 5.06. The molecule has 2 nitrogen and oxygen atoms in total. The molecule has 0 aromatic rings. The first-order valence-corrected chi connectivity index (χ1v) is 16.8. The Labute approximate surface area is 228 Å². The summed E-state index contributed by atoms with van der Waals surface area (Å²) in [6, 6.07) is 0. The average molecular weight is 505 g/mol. The fourth-order valence-electron chi connectivity index (χ4n) is 5.06. The average Bonchev–Trinajstić information content (AvgIpc) is 2.89. The van der Waals surface area contributed by atoms with E-state index in [2.05, 4.69) is 24.4 Å². The van der Waals surface area contributed by atoms with Crippen LogP contribution in [0.5, 0.6) is 0 Å². The predicted molar refractivity (Wildman–Crippen MR) is 166 cm³/mol. The van der Waals surface area contributed by atoms with Gasteiger partial charge in [0.05, 0.1) is 0 Å². The zero-order chi connectivity index (χ0) is 26.0. The SMILES string of the molecule is CCCCCCCC/C=C\CCCCCCCCNCCCCCCCCCCCCCCCC=N. The summed E-state index contributed by atoms with van der Waals surface area (Å²) in [4.78, 5) is 0. The second-order valence-electron chi connectivity index (χ2n) is 11.3. The molecule has 0 aliphatic carbocycles. The van der Waals surface area contributed by atoms with Gasteiger partial charge in [0.25, 0.3) is 0 Å². The van der Waals surface area contributed by atoms with E-state index >= 15 is 0 Å². The molecule has 2 N–H and O–H groups in total. The summed E-state index contributed by atoms with van der Waals surface area (Å²) in [5.41, 5.74) is 0. The number of hydrogen-bond acceptors (Lipinski definition) is 2. The van der Waals surface area contributed by atoms with Crippen molar-refractivity contribution in [3.63, 3.8) is 0 Å². The normalized spacial score (nSPS) is 11.6. The van der Waals surface area contributed by atoms with Crippen molar-refractivity contribution < 1.29 is 0 Å². The summed E-state index contributed by atoms with van der Waals surface area (Å²) in [5, 5.41) is 10.7. The molecule has 0 spiro atoms. The van der Waals surface area contributed by atoms with Gasteiger partial charge in [0, 0.05) is 0 Å². The van der Waals surface area contributed by atoms with Crippen LogP contribution in [0.3, 0.4) is 0 Å². The van der Waals surface area contributed by atoms with E-state index in [9.17, 15) is 0 Å². The largest absolute Gasteiger partial charge is 0.317 e. The van der Waals surface area contributed by atoms with Gasteiger partial charge in [-0.3, -0.25) is 0 Å². The van der Waals surface area contributed by atoms with Gasteiger partial charge < -0.3 is 10.7 Å². The van der Waals surface area contributed by atoms with Gasteiger partial charge in [-0.25, -0.2) is 0 Å². The maximum atomic E-state index is 7.03. The summed E-state index contributed by atoms with van der Waals surface area (Å²) >= 11 is 0. The van der Waals surface area contributed by atoms with Crippen molar-refractivity contribution in [1.29, 1.82) is 5.41 Å². The molecule has 0 rings (SSSR count). The van der Waals surface area contributed by atoms with Crippen molar-refractivity contribution in [3.05, 3.63) is 12.2 Å². The van der Waals surface area contributed by atoms with Gasteiger partial charge in [-0.1, -0.05) is 147 Å². The lowest BCUT2D eigenvalue weighted by Gasteiger charge is -2.05. The van der Waals surface area contributed by atoms with Crippen LogP contribution in [0.2, 0.25) is 0 Å². The summed E-state index contributed by atoms with van der Waals surface area (Å²) < 4.78 is 0. The van der Waals surface area contributed by atoms with Crippen LogP contribution < -0.4 is 5.32 Å². The molecular weight excluding hydrogens is 436 g/mol. The number of rotatable bonds is 32. The molecule has 0 amide bonds. The molecule has 0 saturated carbocycles. The zero-order valence-electron chi connectivity index (χ0n) is 24.9. The topological polar surface area (TPSA) is 35.9 Å². The van der Waals surface area contributed by atoms with Gasteiger partial charge in [-0.05, 0) is 70.7 Å². The van der Waals surface area contributed by atoms with Crippen LogP contribution in [0.1, 0.15) is 187 Å². The molecule has 0 atom stereocenters. The molecule has 0 saturated heterocycles. The lowest BCUT2D eigenvalue weighted by molar-refractivity contribution is 0.524. The summed E-state index contributed by atoms with van der Waals surface area (Å²) in [6.07, 6.45) is 45.1. The summed E-state index contributed by atoms with van der Waals surface area (Å²) in [7, 11) is 0. The van der Waals surface area contributed by atoms with E-state index in [1.165, 1.54) is 186 Å². The van der Waals surface area contributed by atoms with E-state index in [-0.39, 0.29) is 0 Å². The zero-order valence-corrected chi connectivity index (χ0v) is 24.9. The highest BCUT2D eigenvalue weighted by Crippen LogP contribution is 2.13. The summed E-state index contributed by atoms with van der Waals surface area (Å²) in [5.74, 6) is 0. The maximum Gasteiger partial charge on any atom is -0.00477 e. The Bertz CT molecular complexity index is 417. The fraction of sp³-hybridized carbons (Fsp3) is 0.912. The first-order valence-electron chi connectivity index (χ1n) is 16.8. The van der Waals surface area contributed by atoms with Crippen molar-refractivity contribution >= 4 is 6.21 Å². The molecule has 0 radical (unpaired) electrons. The molecule has 0 heterocycles. The van der Waals surface area contributed by atoms with E-state index in [4.69, 9.17) is 5.41 Å². The molecule has 0 aliphatic heterocycles. The highest BCUT2D eigenvalue weighted by molar-refractivity contribution is 5.52. The van der Waals surface area contributed by atoms with Crippen LogP contribution in [0.25, 0.3) is 0 Å². The highest BCUT2D eigenvalue weighted by atomic mass is 14.8. The Kier molecular flexibility index (Phi) is 33.8. The number of unbranched alkanes of at least 4 members (excludes halogenated alkanes) is 25. The van der Waals surface area contributed by atoms with Crippen LogP contribution in [0.4, 0.5) is 0 Å². The van der Waals surface area contributed by atoms with E-state index in [1.54, 1.807) is 6.21 Å². The van der Waals surface area contributed by atoms with Crippen molar-refractivity contribution in [2.24, 2.45) is 0 Å². The molecule has 0 aliphatic rings. The first kappa shape index (κ1) is 35.4. The molecule has 0 bridgehead atoms. The minimum atomic E-state index is 0.980. The smallest absolute Gasteiger partial charge is 0.00477 e. The Hall–Kier alpha value is -0.630. The first-order chi connectivity index (χ1) is 17.9. The van der Waals surface area contributed by atoms with Crippen LogP contribution >= 0.6 is 0 Å². The van der Waals surface area contributed by atoms with Gasteiger partial charge in [0.15, 0.2) is 0 Å². The molecular formula is C34H68N2. The molecule has 2 heteroatoms. The third-order valence-corrected chi connectivity index (χ3v) is 7.57. The molecule has 0 aromatic carbocycles. The van der Waals surface area contributed by atoms with Crippen molar-refractivity contribution in [3.8, 4) is 0 Å². The Morgan fingerprint density at radius 2 is 0.694 bits per heavy atom. The van der Waals surface area contributed by atoms with E-state index in [0.29, 0.717) is 0 Å². The van der Waals surface area contributed by atoms with Crippen LogP contribution in [0.15, 0.2) is 12.2 Å². The standard InChI is InChI=1S/C34H68N2/c1-2-3-4-5-6-7-8-9-10-12-15-18-21-24-27-30-33-36-34-31-28-25-22-19-16-13-11-14-17-20-23-26-29-32-35/h9-10,32,35-36H,2-8,11-31,33-34H2,1H3/b10-9-,35-32?. The van der Waals surface area contributed by atoms with Gasteiger partial charge in [0.2, 0.25) is 0 Å². The maximum absolute atomic E-state index is 7.03.